The second-order valence-electron chi connectivity index (χ2n) is 7.38. The van der Waals surface area contributed by atoms with E-state index in [0.717, 1.165) is 28.1 Å². The molecule has 0 aliphatic heterocycles. The van der Waals surface area contributed by atoms with Crippen LogP contribution < -0.4 is 5.32 Å². The summed E-state index contributed by atoms with van der Waals surface area (Å²) in [7, 11) is 0. The third kappa shape index (κ3) is 5.62. The molecule has 0 saturated heterocycles. The van der Waals surface area contributed by atoms with Gasteiger partial charge in [0.15, 0.2) is 0 Å². The molecule has 1 aromatic heterocycles. The number of esters is 1. The van der Waals surface area contributed by atoms with Gasteiger partial charge < -0.3 is 10.1 Å². The van der Waals surface area contributed by atoms with E-state index in [1.807, 2.05) is 97.2 Å². The Bertz CT molecular complexity index is 1260. The van der Waals surface area contributed by atoms with Crippen molar-refractivity contribution in [2.45, 2.75) is 13.5 Å². The molecule has 164 valence electrons. The second-order valence-corrected chi connectivity index (χ2v) is 7.38. The van der Waals surface area contributed by atoms with Crippen LogP contribution in [-0.4, -0.2) is 21.7 Å². The molecule has 1 heterocycles. The highest BCUT2D eigenvalue weighted by molar-refractivity contribution is 5.97. The Morgan fingerprint density at radius 1 is 0.909 bits per heavy atom. The fraction of sp³-hybridized carbons (Fsp3) is 0.0741. The summed E-state index contributed by atoms with van der Waals surface area (Å²) >= 11 is 0. The molecule has 0 atom stereocenters. The third-order valence-corrected chi connectivity index (χ3v) is 4.86. The number of ether oxygens (including phenoxy) is 1. The lowest BCUT2D eigenvalue weighted by Crippen LogP contribution is -2.26. The molecule has 4 rings (SSSR count). The number of carbonyl (C=O) groups excluding carboxylic acids is 2. The maximum absolute atomic E-state index is 12.8. The molecule has 0 unspecified atom stereocenters. The molecule has 0 aliphatic carbocycles. The second kappa shape index (κ2) is 10.2. The van der Waals surface area contributed by atoms with E-state index >= 15 is 0 Å². The molecule has 0 saturated carbocycles. The van der Waals surface area contributed by atoms with Crippen molar-refractivity contribution in [3.05, 3.63) is 114 Å². The zero-order chi connectivity index (χ0) is 23.0. The molecule has 0 aliphatic rings. The molecule has 4 aromatic rings. The van der Waals surface area contributed by atoms with Gasteiger partial charge in [0.05, 0.1) is 11.4 Å². The zero-order valence-electron chi connectivity index (χ0n) is 18.1. The van der Waals surface area contributed by atoms with Crippen LogP contribution in [0.3, 0.4) is 0 Å². The molecule has 3 aromatic carbocycles. The van der Waals surface area contributed by atoms with Gasteiger partial charge in [0, 0.05) is 24.2 Å². The molecule has 0 spiro atoms. The van der Waals surface area contributed by atoms with E-state index in [4.69, 9.17) is 9.84 Å². The lowest BCUT2D eigenvalue weighted by molar-refractivity contribution is -0.141. The normalized spacial score (nSPS) is 11.1. The smallest absolute Gasteiger partial charge is 0.355 e. The van der Waals surface area contributed by atoms with Gasteiger partial charge in [-0.05, 0) is 23.8 Å². The van der Waals surface area contributed by atoms with Crippen LogP contribution in [0.2, 0.25) is 0 Å². The largest absolute Gasteiger partial charge is 0.456 e. The topological polar surface area (TPSA) is 73.2 Å². The van der Waals surface area contributed by atoms with Crippen LogP contribution >= 0.6 is 0 Å². The van der Waals surface area contributed by atoms with E-state index in [0.29, 0.717) is 0 Å². The molecular weight excluding hydrogens is 414 g/mol. The number of hydrogen-bond donors (Lipinski definition) is 1. The number of aromatic nitrogens is 2. The summed E-state index contributed by atoms with van der Waals surface area (Å²) in [5, 5.41) is 7.30. The van der Waals surface area contributed by atoms with Crippen molar-refractivity contribution in [3.8, 4) is 16.9 Å². The van der Waals surface area contributed by atoms with E-state index in [1.54, 1.807) is 10.8 Å². The Labute approximate surface area is 192 Å². The van der Waals surface area contributed by atoms with Gasteiger partial charge in [0.1, 0.15) is 12.3 Å². The Kier molecular flexibility index (Phi) is 6.75. The first-order valence-electron chi connectivity index (χ1n) is 10.5. The van der Waals surface area contributed by atoms with Crippen LogP contribution in [0.25, 0.3) is 23.0 Å². The summed E-state index contributed by atoms with van der Waals surface area (Å²) < 4.78 is 7.36. The maximum atomic E-state index is 12.8. The van der Waals surface area contributed by atoms with Crippen molar-refractivity contribution in [2.75, 3.05) is 0 Å². The standard InChI is InChI=1S/C27H23N3O3/c1-20(31)28-25(17-21-11-5-2-6-12-21)27(32)33-19-23-18-30(24-15-9-4-10-16-24)29-26(23)22-13-7-3-8-14-22/h2-18H,19H2,1H3,(H,28,31)/b25-17-. The molecule has 0 fully saturated rings. The van der Waals surface area contributed by atoms with Crippen LogP contribution in [0, 0.1) is 0 Å². The fourth-order valence-corrected chi connectivity index (χ4v) is 3.34. The minimum Gasteiger partial charge on any atom is -0.456 e. The zero-order valence-corrected chi connectivity index (χ0v) is 18.1. The summed E-state index contributed by atoms with van der Waals surface area (Å²) in [6.45, 7) is 1.35. The van der Waals surface area contributed by atoms with Crippen LogP contribution in [0.5, 0.6) is 0 Å². The summed E-state index contributed by atoms with van der Waals surface area (Å²) in [5.74, 6) is -0.975. The quantitative estimate of drug-likeness (QED) is 0.334. The number of nitrogens with one attached hydrogen (secondary N) is 1. The Balaban J connectivity index is 1.61. The molecule has 1 N–H and O–H groups in total. The van der Waals surface area contributed by atoms with Gasteiger partial charge >= 0.3 is 5.97 Å². The Morgan fingerprint density at radius 3 is 2.15 bits per heavy atom. The SMILES string of the molecule is CC(=O)N/C(=C\c1ccccc1)C(=O)OCc1cn(-c2ccccc2)nc1-c1ccccc1. The molecule has 1 amide bonds. The summed E-state index contributed by atoms with van der Waals surface area (Å²) in [6, 6.07) is 28.7. The first-order chi connectivity index (χ1) is 16.1. The van der Waals surface area contributed by atoms with Crippen molar-refractivity contribution < 1.29 is 14.3 Å². The highest BCUT2D eigenvalue weighted by atomic mass is 16.5. The minimum atomic E-state index is -0.625. The van der Waals surface area contributed by atoms with Crippen molar-refractivity contribution >= 4 is 18.0 Å². The van der Waals surface area contributed by atoms with Gasteiger partial charge in [-0.3, -0.25) is 4.79 Å². The number of nitrogens with zero attached hydrogens (tertiary/aromatic N) is 2. The van der Waals surface area contributed by atoms with Gasteiger partial charge in [-0.1, -0.05) is 78.9 Å². The maximum Gasteiger partial charge on any atom is 0.355 e. The number of amides is 1. The average Bonchev–Trinajstić information content (AvgIpc) is 3.28. The molecule has 33 heavy (non-hydrogen) atoms. The van der Waals surface area contributed by atoms with E-state index < -0.39 is 5.97 Å². The highest BCUT2D eigenvalue weighted by Gasteiger charge is 2.17. The third-order valence-electron chi connectivity index (χ3n) is 4.86. The van der Waals surface area contributed by atoms with E-state index in [1.165, 1.54) is 6.92 Å². The number of hydrogen-bond acceptors (Lipinski definition) is 4. The van der Waals surface area contributed by atoms with Gasteiger partial charge in [-0.15, -0.1) is 0 Å². The van der Waals surface area contributed by atoms with Crippen LogP contribution in [0.4, 0.5) is 0 Å². The lowest BCUT2D eigenvalue weighted by Gasteiger charge is -2.09. The fourth-order valence-electron chi connectivity index (χ4n) is 3.34. The number of benzene rings is 3. The molecule has 6 heteroatoms. The molecular formula is C27H23N3O3. The highest BCUT2D eigenvalue weighted by Crippen LogP contribution is 2.24. The number of para-hydroxylation sites is 1. The van der Waals surface area contributed by atoms with Crippen LogP contribution in [-0.2, 0) is 20.9 Å². The number of rotatable bonds is 7. The lowest BCUT2D eigenvalue weighted by atomic mass is 10.1. The predicted molar refractivity (Wildman–Crippen MR) is 127 cm³/mol. The van der Waals surface area contributed by atoms with E-state index in [9.17, 15) is 9.59 Å². The molecule has 6 nitrogen and oxygen atoms in total. The van der Waals surface area contributed by atoms with Gasteiger partial charge in [0.25, 0.3) is 0 Å². The summed E-state index contributed by atoms with van der Waals surface area (Å²) in [4.78, 5) is 24.5. The van der Waals surface area contributed by atoms with Crippen LogP contribution in [0.1, 0.15) is 18.1 Å². The summed E-state index contributed by atoms with van der Waals surface area (Å²) in [5.41, 5.74) is 4.14. The van der Waals surface area contributed by atoms with Crippen molar-refractivity contribution in [1.82, 2.24) is 15.1 Å². The van der Waals surface area contributed by atoms with Gasteiger partial charge in [-0.2, -0.15) is 5.10 Å². The monoisotopic (exact) mass is 437 g/mol. The Morgan fingerprint density at radius 2 is 1.52 bits per heavy atom. The minimum absolute atomic E-state index is 0.00160. The van der Waals surface area contributed by atoms with Gasteiger partial charge in [-0.25, -0.2) is 9.48 Å². The van der Waals surface area contributed by atoms with E-state index in [2.05, 4.69) is 5.32 Å². The average molecular weight is 437 g/mol. The van der Waals surface area contributed by atoms with Crippen molar-refractivity contribution in [2.24, 2.45) is 0 Å². The first kappa shape index (κ1) is 21.8. The summed E-state index contributed by atoms with van der Waals surface area (Å²) in [6.07, 6.45) is 3.44. The predicted octanol–water partition coefficient (Wildman–Crippen LogP) is 4.76. The molecule has 0 radical (unpaired) electrons. The van der Waals surface area contributed by atoms with E-state index in [-0.39, 0.29) is 18.2 Å². The molecule has 0 bridgehead atoms. The Hall–Kier alpha value is -4.45. The first-order valence-corrected chi connectivity index (χ1v) is 10.5. The van der Waals surface area contributed by atoms with Crippen molar-refractivity contribution in [3.63, 3.8) is 0 Å². The van der Waals surface area contributed by atoms with Crippen molar-refractivity contribution in [1.29, 1.82) is 0 Å². The number of carbonyl (C=O) groups is 2. The van der Waals surface area contributed by atoms with Crippen LogP contribution in [0.15, 0.2) is 103 Å². The van der Waals surface area contributed by atoms with Gasteiger partial charge in [0.2, 0.25) is 5.91 Å².